The van der Waals surface area contributed by atoms with Crippen molar-refractivity contribution >= 4 is 11.9 Å². The summed E-state index contributed by atoms with van der Waals surface area (Å²) in [6.45, 7) is 1.35. The highest BCUT2D eigenvalue weighted by Gasteiger charge is 2.28. The van der Waals surface area contributed by atoms with E-state index >= 15 is 0 Å². The summed E-state index contributed by atoms with van der Waals surface area (Å²) in [7, 11) is 0. The van der Waals surface area contributed by atoms with E-state index in [-0.39, 0.29) is 5.91 Å². The lowest BCUT2D eigenvalue weighted by Gasteiger charge is -2.17. The fourth-order valence-corrected chi connectivity index (χ4v) is 1.06. The molecular formula is C7H9NO3. The number of hydrogen-bond acceptors (Lipinski definition) is 2. The van der Waals surface area contributed by atoms with E-state index in [0.717, 1.165) is 0 Å². The van der Waals surface area contributed by atoms with E-state index in [1.54, 1.807) is 6.08 Å². The predicted molar refractivity (Wildman–Crippen MR) is 37.7 cm³/mol. The monoisotopic (exact) mass is 155 g/mol. The lowest BCUT2D eigenvalue weighted by Crippen LogP contribution is -2.37. The van der Waals surface area contributed by atoms with E-state index in [1.807, 2.05) is 0 Å². The van der Waals surface area contributed by atoms with E-state index in [4.69, 9.17) is 5.11 Å². The third-order valence-electron chi connectivity index (χ3n) is 1.61. The Morgan fingerprint density at radius 1 is 1.64 bits per heavy atom. The van der Waals surface area contributed by atoms with Crippen molar-refractivity contribution in [1.82, 2.24) is 4.90 Å². The first-order chi connectivity index (χ1) is 5.13. The van der Waals surface area contributed by atoms with Crippen LogP contribution in [0.5, 0.6) is 0 Å². The normalized spacial score (nSPS) is 22.3. The van der Waals surface area contributed by atoms with Crippen molar-refractivity contribution in [2.24, 2.45) is 0 Å². The predicted octanol–water partition coefficient (Wildman–Crippen LogP) is 0.206. The Kier molecular flexibility index (Phi) is 1.94. The Bertz CT molecular complexity index is 222. The Hall–Kier alpha value is -1.32. The van der Waals surface area contributed by atoms with E-state index in [0.29, 0.717) is 6.42 Å². The molecule has 60 valence electrons. The first-order valence-corrected chi connectivity index (χ1v) is 3.31. The van der Waals surface area contributed by atoms with Crippen LogP contribution in [0.4, 0.5) is 0 Å². The molecular weight excluding hydrogens is 146 g/mol. The summed E-state index contributed by atoms with van der Waals surface area (Å²) in [5.74, 6) is -1.18. The minimum atomic E-state index is -0.954. The Balaban J connectivity index is 2.71. The molecule has 1 atom stereocenters. The van der Waals surface area contributed by atoms with Gasteiger partial charge < -0.3 is 10.0 Å². The van der Waals surface area contributed by atoms with Crippen LogP contribution in [-0.2, 0) is 9.59 Å². The van der Waals surface area contributed by atoms with Crippen LogP contribution in [0, 0.1) is 0 Å². The summed E-state index contributed by atoms with van der Waals surface area (Å²) >= 11 is 0. The van der Waals surface area contributed by atoms with Gasteiger partial charge in [-0.2, -0.15) is 0 Å². The smallest absolute Gasteiger partial charge is 0.327 e. The maximum absolute atomic E-state index is 10.8. The number of carbonyl (C=O) groups is 2. The molecule has 4 heteroatoms. The average molecular weight is 155 g/mol. The zero-order chi connectivity index (χ0) is 8.43. The molecule has 0 fully saturated rings. The van der Waals surface area contributed by atoms with Crippen LogP contribution < -0.4 is 0 Å². The van der Waals surface area contributed by atoms with Crippen LogP contribution in [-0.4, -0.2) is 27.9 Å². The van der Waals surface area contributed by atoms with Crippen LogP contribution in [0.3, 0.4) is 0 Å². The molecule has 1 aliphatic rings. The van der Waals surface area contributed by atoms with Gasteiger partial charge >= 0.3 is 5.97 Å². The van der Waals surface area contributed by atoms with Crippen molar-refractivity contribution in [3.63, 3.8) is 0 Å². The number of carbonyl (C=O) groups excluding carboxylic acids is 1. The standard InChI is InChI=1S/C7H9NO3/c1-5(9)8-4-2-3-6(8)7(10)11/h2,4,6H,3H2,1H3,(H,10,11). The highest BCUT2D eigenvalue weighted by atomic mass is 16.4. The summed E-state index contributed by atoms with van der Waals surface area (Å²) < 4.78 is 0. The molecule has 0 aromatic heterocycles. The van der Waals surface area contributed by atoms with Gasteiger partial charge in [0, 0.05) is 13.1 Å². The first kappa shape index (κ1) is 7.78. The minimum absolute atomic E-state index is 0.230. The van der Waals surface area contributed by atoms with Gasteiger partial charge in [-0.25, -0.2) is 4.79 Å². The van der Waals surface area contributed by atoms with Crippen LogP contribution >= 0.6 is 0 Å². The van der Waals surface area contributed by atoms with Crippen molar-refractivity contribution in [2.75, 3.05) is 0 Å². The zero-order valence-electron chi connectivity index (χ0n) is 6.15. The first-order valence-electron chi connectivity index (χ1n) is 3.31. The molecule has 1 heterocycles. The molecule has 1 N–H and O–H groups in total. The molecule has 0 aromatic rings. The van der Waals surface area contributed by atoms with Gasteiger partial charge in [0.25, 0.3) is 0 Å². The van der Waals surface area contributed by atoms with Crippen LogP contribution in [0.2, 0.25) is 0 Å². The molecule has 1 rings (SSSR count). The Morgan fingerprint density at radius 2 is 2.27 bits per heavy atom. The second-order valence-electron chi connectivity index (χ2n) is 2.40. The lowest BCUT2D eigenvalue weighted by molar-refractivity contribution is -0.146. The van der Waals surface area contributed by atoms with Gasteiger partial charge in [-0.1, -0.05) is 6.08 Å². The summed E-state index contributed by atoms with van der Waals surface area (Å²) in [4.78, 5) is 22.5. The molecule has 0 saturated heterocycles. The van der Waals surface area contributed by atoms with Crippen LogP contribution in [0.1, 0.15) is 13.3 Å². The summed E-state index contributed by atoms with van der Waals surface area (Å²) in [6.07, 6.45) is 3.61. The molecule has 1 amide bonds. The largest absolute Gasteiger partial charge is 0.480 e. The molecule has 0 aromatic carbocycles. The van der Waals surface area contributed by atoms with E-state index in [9.17, 15) is 9.59 Å². The van der Waals surface area contributed by atoms with Crippen LogP contribution in [0.15, 0.2) is 12.3 Å². The second-order valence-corrected chi connectivity index (χ2v) is 2.40. The van der Waals surface area contributed by atoms with E-state index in [1.165, 1.54) is 18.0 Å². The van der Waals surface area contributed by atoms with Crippen molar-refractivity contribution < 1.29 is 14.7 Å². The SMILES string of the molecule is CC(=O)N1C=CCC1C(=O)O. The fraction of sp³-hybridized carbons (Fsp3) is 0.429. The highest BCUT2D eigenvalue weighted by molar-refractivity contribution is 5.84. The van der Waals surface area contributed by atoms with Crippen LogP contribution in [0.25, 0.3) is 0 Å². The molecule has 0 saturated carbocycles. The number of nitrogens with zero attached hydrogens (tertiary/aromatic N) is 1. The van der Waals surface area contributed by atoms with Gasteiger partial charge in [0.15, 0.2) is 0 Å². The zero-order valence-corrected chi connectivity index (χ0v) is 6.15. The molecule has 0 radical (unpaired) electrons. The topological polar surface area (TPSA) is 57.6 Å². The molecule has 11 heavy (non-hydrogen) atoms. The third-order valence-corrected chi connectivity index (χ3v) is 1.61. The summed E-state index contributed by atoms with van der Waals surface area (Å²) in [5, 5.41) is 8.60. The molecule has 0 spiro atoms. The molecule has 1 unspecified atom stereocenters. The van der Waals surface area contributed by atoms with Gasteiger partial charge in [0.2, 0.25) is 5.91 Å². The number of hydrogen-bond donors (Lipinski definition) is 1. The van der Waals surface area contributed by atoms with Gasteiger partial charge in [0.1, 0.15) is 6.04 Å². The second kappa shape index (κ2) is 2.74. The van der Waals surface area contributed by atoms with E-state index in [2.05, 4.69) is 0 Å². The number of carboxylic acids is 1. The maximum Gasteiger partial charge on any atom is 0.327 e. The van der Waals surface area contributed by atoms with Crippen molar-refractivity contribution in [3.05, 3.63) is 12.3 Å². The third kappa shape index (κ3) is 1.39. The quantitative estimate of drug-likeness (QED) is 0.588. The maximum atomic E-state index is 10.8. The lowest BCUT2D eigenvalue weighted by atomic mass is 10.2. The van der Waals surface area contributed by atoms with Gasteiger partial charge in [-0.15, -0.1) is 0 Å². The molecule has 4 nitrogen and oxygen atoms in total. The minimum Gasteiger partial charge on any atom is -0.480 e. The van der Waals surface area contributed by atoms with E-state index < -0.39 is 12.0 Å². The van der Waals surface area contributed by atoms with Crippen molar-refractivity contribution in [3.8, 4) is 0 Å². The van der Waals surface area contributed by atoms with Gasteiger partial charge in [0.05, 0.1) is 0 Å². The number of aliphatic carboxylic acids is 1. The number of amides is 1. The molecule has 1 aliphatic heterocycles. The summed E-state index contributed by atoms with van der Waals surface area (Å²) in [6, 6.07) is -0.688. The fourth-order valence-electron chi connectivity index (χ4n) is 1.06. The van der Waals surface area contributed by atoms with Crippen molar-refractivity contribution in [1.29, 1.82) is 0 Å². The number of rotatable bonds is 1. The van der Waals surface area contributed by atoms with Crippen molar-refractivity contribution in [2.45, 2.75) is 19.4 Å². The average Bonchev–Trinajstić information content (AvgIpc) is 2.32. The molecule has 0 aliphatic carbocycles. The number of carboxylic acid groups (broad SMARTS) is 1. The van der Waals surface area contributed by atoms with Gasteiger partial charge in [-0.3, -0.25) is 4.79 Å². The highest BCUT2D eigenvalue weighted by Crippen LogP contribution is 2.14. The Labute approximate surface area is 64.1 Å². The van der Waals surface area contributed by atoms with Gasteiger partial charge in [-0.05, 0) is 6.42 Å². The Morgan fingerprint density at radius 3 is 2.64 bits per heavy atom. The summed E-state index contributed by atoms with van der Waals surface area (Å²) in [5.41, 5.74) is 0. The molecule has 0 bridgehead atoms.